The number of carboxylic acids is 1. The van der Waals surface area contributed by atoms with Gasteiger partial charge in [-0.2, -0.15) is 5.10 Å². The summed E-state index contributed by atoms with van der Waals surface area (Å²) in [7, 11) is 0. The van der Waals surface area contributed by atoms with Gasteiger partial charge in [0.25, 0.3) is 0 Å². The second-order valence-electron chi connectivity index (χ2n) is 4.58. The number of carboxylic acid groups (broad SMARTS) is 1. The highest BCUT2D eigenvalue weighted by Crippen LogP contribution is 2.35. The minimum Gasteiger partial charge on any atom is -0.476 e. The summed E-state index contributed by atoms with van der Waals surface area (Å²) >= 11 is 1.62. The van der Waals surface area contributed by atoms with E-state index in [2.05, 4.69) is 5.10 Å². The van der Waals surface area contributed by atoms with E-state index in [0.29, 0.717) is 6.04 Å². The zero-order chi connectivity index (χ0) is 12.5. The van der Waals surface area contributed by atoms with E-state index in [1.54, 1.807) is 17.4 Å². The SMILES string of the molecule is O=C(O)c1cc(-c2cccs2)n(C2CCCC2)n1. The molecule has 0 aliphatic heterocycles. The normalized spacial score (nSPS) is 16.2. The second-order valence-corrected chi connectivity index (χ2v) is 5.53. The summed E-state index contributed by atoms with van der Waals surface area (Å²) in [5, 5.41) is 15.4. The molecule has 0 spiro atoms. The maximum atomic E-state index is 11.1. The zero-order valence-corrected chi connectivity index (χ0v) is 10.7. The van der Waals surface area contributed by atoms with Crippen molar-refractivity contribution in [2.24, 2.45) is 0 Å². The van der Waals surface area contributed by atoms with Crippen LogP contribution in [0, 0.1) is 0 Å². The smallest absolute Gasteiger partial charge is 0.356 e. The number of hydrogen-bond donors (Lipinski definition) is 1. The summed E-state index contributed by atoms with van der Waals surface area (Å²) in [6, 6.07) is 6.03. The molecule has 1 saturated carbocycles. The van der Waals surface area contributed by atoms with Crippen LogP contribution in [-0.4, -0.2) is 20.9 Å². The van der Waals surface area contributed by atoms with Crippen molar-refractivity contribution < 1.29 is 9.90 Å². The second kappa shape index (κ2) is 4.57. The Balaban J connectivity index is 2.07. The molecule has 3 rings (SSSR count). The molecule has 0 atom stereocenters. The zero-order valence-electron chi connectivity index (χ0n) is 9.87. The van der Waals surface area contributed by atoms with Gasteiger partial charge >= 0.3 is 5.97 Å². The van der Waals surface area contributed by atoms with Gasteiger partial charge < -0.3 is 5.11 Å². The van der Waals surface area contributed by atoms with Crippen LogP contribution in [0.15, 0.2) is 23.6 Å². The van der Waals surface area contributed by atoms with E-state index in [0.717, 1.165) is 23.4 Å². The Hall–Kier alpha value is -1.62. The van der Waals surface area contributed by atoms with Crippen LogP contribution in [-0.2, 0) is 0 Å². The highest BCUT2D eigenvalue weighted by Gasteiger charge is 2.23. The molecule has 0 radical (unpaired) electrons. The largest absolute Gasteiger partial charge is 0.476 e. The standard InChI is InChI=1S/C13H14N2O2S/c16-13(17)10-8-11(12-6-3-7-18-12)15(14-10)9-4-1-2-5-9/h3,6-9H,1-2,4-5H2,(H,16,17). The Morgan fingerprint density at radius 1 is 1.44 bits per heavy atom. The van der Waals surface area contributed by atoms with Gasteiger partial charge in [-0.1, -0.05) is 18.9 Å². The van der Waals surface area contributed by atoms with Gasteiger partial charge in [0.2, 0.25) is 0 Å². The van der Waals surface area contributed by atoms with Crippen LogP contribution in [0.2, 0.25) is 0 Å². The number of nitrogens with zero attached hydrogens (tertiary/aromatic N) is 2. The molecule has 0 amide bonds. The van der Waals surface area contributed by atoms with E-state index in [9.17, 15) is 4.79 Å². The first-order valence-corrected chi connectivity index (χ1v) is 7.00. The lowest BCUT2D eigenvalue weighted by atomic mass is 10.2. The van der Waals surface area contributed by atoms with Gasteiger partial charge in [0.05, 0.1) is 16.6 Å². The highest BCUT2D eigenvalue weighted by molar-refractivity contribution is 7.13. The van der Waals surface area contributed by atoms with Crippen molar-refractivity contribution in [3.8, 4) is 10.6 Å². The van der Waals surface area contributed by atoms with E-state index in [1.165, 1.54) is 12.8 Å². The number of aromatic nitrogens is 2. The van der Waals surface area contributed by atoms with Gasteiger partial charge in [-0.15, -0.1) is 11.3 Å². The molecule has 1 aliphatic rings. The van der Waals surface area contributed by atoms with Crippen LogP contribution in [0.3, 0.4) is 0 Å². The third kappa shape index (κ3) is 1.95. The molecule has 1 N–H and O–H groups in total. The van der Waals surface area contributed by atoms with Gasteiger partial charge in [-0.3, -0.25) is 4.68 Å². The van der Waals surface area contributed by atoms with Crippen LogP contribution in [0.25, 0.3) is 10.6 Å². The highest BCUT2D eigenvalue weighted by atomic mass is 32.1. The van der Waals surface area contributed by atoms with Gasteiger partial charge in [0, 0.05) is 0 Å². The summed E-state index contributed by atoms with van der Waals surface area (Å²) in [5.74, 6) is -0.954. The molecule has 0 unspecified atom stereocenters. The number of aromatic carboxylic acids is 1. The Labute approximate surface area is 109 Å². The van der Waals surface area contributed by atoms with Crippen molar-refractivity contribution >= 4 is 17.3 Å². The van der Waals surface area contributed by atoms with Crippen molar-refractivity contribution in [3.05, 3.63) is 29.3 Å². The van der Waals surface area contributed by atoms with Crippen molar-refractivity contribution in [3.63, 3.8) is 0 Å². The summed E-state index contributed by atoms with van der Waals surface area (Å²) < 4.78 is 1.92. The maximum absolute atomic E-state index is 11.1. The topological polar surface area (TPSA) is 55.1 Å². The molecule has 5 heteroatoms. The number of carbonyl (C=O) groups is 1. The molecule has 4 nitrogen and oxygen atoms in total. The fraction of sp³-hybridized carbons (Fsp3) is 0.385. The molecule has 0 saturated heterocycles. The minimum absolute atomic E-state index is 0.144. The van der Waals surface area contributed by atoms with E-state index in [-0.39, 0.29) is 5.69 Å². The van der Waals surface area contributed by atoms with Crippen LogP contribution in [0.4, 0.5) is 0 Å². The number of hydrogen-bond acceptors (Lipinski definition) is 3. The molecule has 18 heavy (non-hydrogen) atoms. The van der Waals surface area contributed by atoms with E-state index >= 15 is 0 Å². The lowest BCUT2D eigenvalue weighted by molar-refractivity contribution is 0.0689. The molecule has 2 heterocycles. The van der Waals surface area contributed by atoms with Gasteiger partial charge in [-0.25, -0.2) is 4.79 Å². The van der Waals surface area contributed by atoms with Gasteiger partial charge in [0.1, 0.15) is 0 Å². The summed E-state index contributed by atoms with van der Waals surface area (Å²) in [5.41, 5.74) is 1.08. The quantitative estimate of drug-likeness (QED) is 0.922. The molecular weight excluding hydrogens is 248 g/mol. The molecule has 2 aromatic heterocycles. The van der Waals surface area contributed by atoms with E-state index in [1.807, 2.05) is 22.2 Å². The fourth-order valence-electron chi connectivity index (χ4n) is 2.53. The van der Waals surface area contributed by atoms with E-state index in [4.69, 9.17) is 5.11 Å². The third-order valence-electron chi connectivity index (χ3n) is 3.40. The molecule has 2 aromatic rings. The summed E-state index contributed by atoms with van der Waals surface area (Å²) in [6.45, 7) is 0. The Morgan fingerprint density at radius 2 is 2.22 bits per heavy atom. The van der Waals surface area contributed by atoms with Crippen molar-refractivity contribution in [1.82, 2.24) is 9.78 Å². The third-order valence-corrected chi connectivity index (χ3v) is 4.29. The minimum atomic E-state index is -0.954. The van der Waals surface area contributed by atoms with Crippen LogP contribution in [0.5, 0.6) is 0 Å². The summed E-state index contributed by atoms with van der Waals surface area (Å²) in [4.78, 5) is 12.2. The average Bonchev–Trinajstić information content (AvgIpc) is 3.10. The predicted molar refractivity (Wildman–Crippen MR) is 70.0 cm³/mol. The first-order chi connectivity index (χ1) is 8.75. The first kappa shape index (κ1) is 11.5. The molecule has 0 aromatic carbocycles. The molecular formula is C13H14N2O2S. The molecule has 0 bridgehead atoms. The van der Waals surface area contributed by atoms with Crippen LogP contribution >= 0.6 is 11.3 Å². The molecule has 1 fully saturated rings. The van der Waals surface area contributed by atoms with Crippen molar-refractivity contribution in [2.75, 3.05) is 0 Å². The van der Waals surface area contributed by atoms with Crippen LogP contribution < -0.4 is 0 Å². The van der Waals surface area contributed by atoms with E-state index < -0.39 is 5.97 Å². The van der Waals surface area contributed by atoms with Gasteiger partial charge in [0.15, 0.2) is 5.69 Å². The van der Waals surface area contributed by atoms with Crippen molar-refractivity contribution in [2.45, 2.75) is 31.7 Å². The Bertz CT molecular complexity index is 554. The monoisotopic (exact) mass is 262 g/mol. The number of thiophene rings is 1. The fourth-order valence-corrected chi connectivity index (χ4v) is 3.27. The maximum Gasteiger partial charge on any atom is 0.356 e. The molecule has 94 valence electrons. The van der Waals surface area contributed by atoms with Crippen LogP contribution in [0.1, 0.15) is 42.2 Å². The number of rotatable bonds is 3. The first-order valence-electron chi connectivity index (χ1n) is 6.12. The molecule has 1 aliphatic carbocycles. The predicted octanol–water partition coefficient (Wildman–Crippen LogP) is 3.42. The lowest BCUT2D eigenvalue weighted by Crippen LogP contribution is -2.09. The summed E-state index contributed by atoms with van der Waals surface area (Å²) in [6.07, 6.45) is 4.60. The van der Waals surface area contributed by atoms with Gasteiger partial charge in [-0.05, 0) is 30.4 Å². The lowest BCUT2D eigenvalue weighted by Gasteiger charge is -2.13. The average molecular weight is 262 g/mol. The Kier molecular flexibility index (Phi) is 2.91. The van der Waals surface area contributed by atoms with Crippen molar-refractivity contribution in [1.29, 1.82) is 0 Å². The Morgan fingerprint density at radius 3 is 2.83 bits per heavy atom.